The zero-order chi connectivity index (χ0) is 18.4. The molecular formula is C16H24N2O6S. The maximum absolute atomic E-state index is 12.2. The first-order valence-electron chi connectivity index (χ1n) is 7.94. The van der Waals surface area contributed by atoms with E-state index in [1.165, 1.54) is 14.2 Å². The van der Waals surface area contributed by atoms with Crippen LogP contribution >= 0.6 is 0 Å². The van der Waals surface area contributed by atoms with Gasteiger partial charge >= 0.3 is 0 Å². The van der Waals surface area contributed by atoms with Crippen LogP contribution in [0.1, 0.15) is 10.4 Å². The second-order valence-corrected chi connectivity index (χ2v) is 8.03. The van der Waals surface area contributed by atoms with Crippen LogP contribution in [-0.2, 0) is 9.84 Å². The predicted octanol–water partition coefficient (Wildman–Crippen LogP) is -0.776. The van der Waals surface area contributed by atoms with E-state index in [1.807, 2.05) is 0 Å². The number of rotatable bonds is 9. The fraction of sp³-hybridized carbons (Fsp3) is 0.562. The lowest BCUT2D eigenvalue weighted by atomic mass is 10.1. The summed E-state index contributed by atoms with van der Waals surface area (Å²) in [7, 11) is -0.123. The van der Waals surface area contributed by atoms with Crippen LogP contribution in [0.3, 0.4) is 0 Å². The summed E-state index contributed by atoms with van der Waals surface area (Å²) in [6.45, 7) is 1.07. The van der Waals surface area contributed by atoms with Gasteiger partial charge in [-0.25, -0.2) is 8.42 Å². The summed E-state index contributed by atoms with van der Waals surface area (Å²) in [4.78, 5) is 12.2. The molecule has 9 heteroatoms. The standard InChI is InChI=1S/C16H24N2O6S/c1-23-15-4-3-11(7-16(15)24-2)13(19)8-17-5-6-18-12-9-25(21,22)10-14(12)20/h3-4,7,12,14,17-18,20H,5-6,8-10H2,1-2H3/t12-,14-/m0/s1. The molecule has 1 aliphatic heterocycles. The minimum absolute atomic E-state index is 0.0568. The molecule has 0 amide bonds. The third-order valence-corrected chi connectivity index (χ3v) is 5.74. The summed E-state index contributed by atoms with van der Waals surface area (Å²) >= 11 is 0. The van der Waals surface area contributed by atoms with Crippen LogP contribution < -0.4 is 20.1 Å². The Bertz CT molecular complexity index is 707. The molecule has 140 valence electrons. The lowest BCUT2D eigenvalue weighted by molar-refractivity contribution is 0.0990. The maximum atomic E-state index is 12.2. The Morgan fingerprint density at radius 2 is 1.92 bits per heavy atom. The third kappa shape index (κ3) is 5.40. The largest absolute Gasteiger partial charge is 0.493 e. The Kier molecular flexibility index (Phi) is 6.77. The van der Waals surface area contributed by atoms with Crippen molar-refractivity contribution in [3.8, 4) is 11.5 Å². The summed E-state index contributed by atoms with van der Waals surface area (Å²) in [5.74, 6) is 0.700. The number of sulfone groups is 1. The van der Waals surface area contributed by atoms with Gasteiger partial charge in [-0.15, -0.1) is 0 Å². The smallest absolute Gasteiger partial charge is 0.176 e. The van der Waals surface area contributed by atoms with Crippen LogP contribution in [0.15, 0.2) is 18.2 Å². The second kappa shape index (κ2) is 8.61. The third-order valence-electron chi connectivity index (χ3n) is 4.02. The molecule has 2 rings (SSSR count). The van der Waals surface area contributed by atoms with Crippen molar-refractivity contribution in [1.29, 1.82) is 0 Å². The van der Waals surface area contributed by atoms with Crippen LogP contribution in [0.25, 0.3) is 0 Å². The van der Waals surface area contributed by atoms with Gasteiger partial charge in [0, 0.05) is 24.7 Å². The molecule has 1 aromatic carbocycles. The van der Waals surface area contributed by atoms with E-state index < -0.39 is 22.0 Å². The highest BCUT2D eigenvalue weighted by molar-refractivity contribution is 7.91. The van der Waals surface area contributed by atoms with Crippen LogP contribution in [0.5, 0.6) is 11.5 Å². The molecule has 1 fully saturated rings. The molecule has 0 saturated carbocycles. The van der Waals surface area contributed by atoms with Crippen molar-refractivity contribution in [2.24, 2.45) is 0 Å². The van der Waals surface area contributed by atoms with Crippen molar-refractivity contribution in [3.63, 3.8) is 0 Å². The molecule has 2 atom stereocenters. The van der Waals surface area contributed by atoms with Crippen LogP contribution in [-0.4, -0.2) is 76.8 Å². The number of aliphatic hydroxyl groups excluding tert-OH is 1. The monoisotopic (exact) mass is 372 g/mol. The van der Waals surface area contributed by atoms with Crippen molar-refractivity contribution in [2.45, 2.75) is 12.1 Å². The first-order valence-corrected chi connectivity index (χ1v) is 9.76. The van der Waals surface area contributed by atoms with Crippen molar-refractivity contribution in [3.05, 3.63) is 23.8 Å². The number of carbonyl (C=O) groups excluding carboxylic acids is 1. The van der Waals surface area contributed by atoms with E-state index in [9.17, 15) is 18.3 Å². The van der Waals surface area contributed by atoms with Gasteiger partial charge in [-0.2, -0.15) is 0 Å². The Labute approximate surface area is 147 Å². The van der Waals surface area contributed by atoms with E-state index in [4.69, 9.17) is 9.47 Å². The van der Waals surface area contributed by atoms with Gasteiger partial charge in [0.2, 0.25) is 0 Å². The minimum atomic E-state index is -3.16. The molecule has 1 aromatic rings. The van der Waals surface area contributed by atoms with E-state index >= 15 is 0 Å². The van der Waals surface area contributed by atoms with Crippen LogP contribution in [0, 0.1) is 0 Å². The molecule has 0 unspecified atom stereocenters. The fourth-order valence-corrected chi connectivity index (χ4v) is 4.46. The molecule has 0 aromatic heterocycles. The Hall–Kier alpha value is -1.68. The van der Waals surface area contributed by atoms with E-state index in [0.717, 1.165) is 0 Å². The summed E-state index contributed by atoms with van der Waals surface area (Å²) in [5.41, 5.74) is 0.510. The lowest BCUT2D eigenvalue weighted by Crippen LogP contribution is -2.42. The summed E-state index contributed by atoms with van der Waals surface area (Å²) in [6.07, 6.45) is -0.876. The SMILES string of the molecule is COc1ccc(C(=O)CNCCN[C@H]2CS(=O)(=O)C[C@@H]2O)cc1OC. The molecule has 0 radical (unpaired) electrons. The normalized spacial score (nSPS) is 21.9. The van der Waals surface area contributed by atoms with E-state index in [-0.39, 0.29) is 23.8 Å². The van der Waals surface area contributed by atoms with Crippen LogP contribution in [0.4, 0.5) is 0 Å². The number of methoxy groups -OCH3 is 2. The maximum Gasteiger partial charge on any atom is 0.176 e. The van der Waals surface area contributed by atoms with Crippen molar-refractivity contribution in [1.82, 2.24) is 10.6 Å². The number of Topliss-reactive ketones (excluding diaryl/α,β-unsaturated/α-hetero) is 1. The average molecular weight is 372 g/mol. The van der Waals surface area contributed by atoms with Gasteiger partial charge in [0.1, 0.15) is 0 Å². The van der Waals surface area contributed by atoms with Gasteiger partial charge in [-0.1, -0.05) is 0 Å². The second-order valence-electron chi connectivity index (χ2n) is 5.87. The Balaban J connectivity index is 1.74. The minimum Gasteiger partial charge on any atom is -0.493 e. The molecule has 8 nitrogen and oxygen atoms in total. The number of ether oxygens (including phenoxy) is 2. The topological polar surface area (TPSA) is 114 Å². The van der Waals surface area contributed by atoms with E-state index in [2.05, 4.69) is 10.6 Å². The molecule has 3 N–H and O–H groups in total. The zero-order valence-corrected chi connectivity index (χ0v) is 15.1. The molecule has 25 heavy (non-hydrogen) atoms. The number of hydrogen-bond acceptors (Lipinski definition) is 8. The van der Waals surface area contributed by atoms with Crippen molar-refractivity contribution >= 4 is 15.6 Å². The summed E-state index contributed by atoms with van der Waals surface area (Å²) in [6, 6.07) is 4.52. The first-order chi connectivity index (χ1) is 11.9. The van der Waals surface area contributed by atoms with Crippen molar-refractivity contribution < 1.29 is 27.8 Å². The van der Waals surface area contributed by atoms with Gasteiger partial charge in [0.05, 0.1) is 38.4 Å². The van der Waals surface area contributed by atoms with Gasteiger partial charge in [0.25, 0.3) is 0 Å². The number of aliphatic hydroxyl groups is 1. The van der Waals surface area contributed by atoms with Gasteiger partial charge in [0.15, 0.2) is 27.1 Å². The Morgan fingerprint density at radius 3 is 2.52 bits per heavy atom. The van der Waals surface area contributed by atoms with Gasteiger partial charge < -0.3 is 25.2 Å². The molecule has 1 heterocycles. The number of nitrogens with one attached hydrogen (secondary N) is 2. The number of benzene rings is 1. The number of ketones is 1. The van der Waals surface area contributed by atoms with Gasteiger partial charge in [-0.05, 0) is 18.2 Å². The van der Waals surface area contributed by atoms with Crippen molar-refractivity contribution in [2.75, 3.05) is 45.4 Å². The Morgan fingerprint density at radius 1 is 1.20 bits per heavy atom. The van der Waals surface area contributed by atoms with Gasteiger partial charge in [-0.3, -0.25) is 4.79 Å². The highest BCUT2D eigenvalue weighted by Gasteiger charge is 2.35. The molecular weight excluding hydrogens is 348 g/mol. The number of hydrogen-bond donors (Lipinski definition) is 3. The quantitative estimate of drug-likeness (QED) is 0.382. The highest BCUT2D eigenvalue weighted by atomic mass is 32.2. The van der Waals surface area contributed by atoms with E-state index in [1.54, 1.807) is 18.2 Å². The fourth-order valence-electron chi connectivity index (χ4n) is 2.68. The molecule has 0 aliphatic carbocycles. The number of carbonyl (C=O) groups is 1. The highest BCUT2D eigenvalue weighted by Crippen LogP contribution is 2.27. The summed E-state index contributed by atoms with van der Waals surface area (Å²) < 4.78 is 33.1. The zero-order valence-electron chi connectivity index (χ0n) is 14.3. The van der Waals surface area contributed by atoms with Crippen LogP contribution in [0.2, 0.25) is 0 Å². The average Bonchev–Trinajstić information content (AvgIpc) is 2.85. The predicted molar refractivity (Wildman–Crippen MR) is 93.2 cm³/mol. The molecule has 1 aliphatic rings. The lowest BCUT2D eigenvalue weighted by Gasteiger charge is -2.15. The molecule has 0 spiro atoms. The molecule has 0 bridgehead atoms. The molecule has 1 saturated heterocycles. The van der Waals surface area contributed by atoms with E-state index in [0.29, 0.717) is 30.2 Å². The summed E-state index contributed by atoms with van der Waals surface area (Å²) in [5, 5.41) is 15.7. The first kappa shape index (κ1) is 19.6.